The van der Waals surface area contributed by atoms with Crippen molar-refractivity contribution in [2.24, 2.45) is 0 Å². The third-order valence-corrected chi connectivity index (χ3v) is 6.38. The molecular weight excluding hydrogens is 372 g/mol. The van der Waals surface area contributed by atoms with Crippen LogP contribution in [0.15, 0.2) is 47.4 Å². The number of hydrogen-bond acceptors (Lipinski definition) is 3. The van der Waals surface area contributed by atoms with Crippen molar-refractivity contribution in [1.29, 1.82) is 0 Å². The molecule has 1 atom stereocenters. The Kier molecular flexibility index (Phi) is 7.78. The molecule has 0 spiro atoms. The Labute approximate surface area is 168 Å². The van der Waals surface area contributed by atoms with Gasteiger partial charge in [0.1, 0.15) is 6.04 Å². The molecule has 6 heteroatoms. The molecule has 0 fully saturated rings. The molecule has 0 radical (unpaired) electrons. The van der Waals surface area contributed by atoms with E-state index in [9.17, 15) is 13.2 Å². The van der Waals surface area contributed by atoms with Crippen molar-refractivity contribution in [1.82, 2.24) is 10.0 Å². The summed E-state index contributed by atoms with van der Waals surface area (Å²) in [6.07, 6.45) is 2.10. The van der Waals surface area contributed by atoms with E-state index >= 15 is 0 Å². The van der Waals surface area contributed by atoms with Gasteiger partial charge >= 0.3 is 0 Å². The molecular formula is C22H30N2O3S. The lowest BCUT2D eigenvalue weighted by Crippen LogP contribution is -2.48. The first-order chi connectivity index (χ1) is 13.2. The SMILES string of the molecule is CCCCNC(=O)[C@H](Cc1ccccc1)NS(=O)(=O)c1c(C)cc(C)cc1C. The molecule has 28 heavy (non-hydrogen) atoms. The number of benzene rings is 2. The van der Waals surface area contributed by atoms with Gasteiger partial charge in [-0.3, -0.25) is 4.79 Å². The van der Waals surface area contributed by atoms with E-state index in [2.05, 4.69) is 10.0 Å². The van der Waals surface area contributed by atoms with Crippen molar-refractivity contribution in [3.05, 3.63) is 64.7 Å². The molecule has 0 saturated heterocycles. The summed E-state index contributed by atoms with van der Waals surface area (Å²) in [5, 5.41) is 2.85. The first-order valence-corrected chi connectivity index (χ1v) is 11.1. The van der Waals surface area contributed by atoms with Crippen molar-refractivity contribution in [2.45, 2.75) is 57.9 Å². The van der Waals surface area contributed by atoms with Crippen LogP contribution in [0.4, 0.5) is 0 Å². The summed E-state index contributed by atoms with van der Waals surface area (Å²) in [6, 6.07) is 12.2. The summed E-state index contributed by atoms with van der Waals surface area (Å²) >= 11 is 0. The van der Waals surface area contributed by atoms with Crippen LogP contribution in [0.2, 0.25) is 0 Å². The topological polar surface area (TPSA) is 75.3 Å². The molecule has 0 bridgehead atoms. The number of nitrogens with one attached hydrogen (secondary N) is 2. The average molecular weight is 403 g/mol. The number of hydrogen-bond donors (Lipinski definition) is 2. The highest BCUT2D eigenvalue weighted by Crippen LogP contribution is 2.22. The molecule has 5 nitrogen and oxygen atoms in total. The molecule has 0 aliphatic rings. The van der Waals surface area contributed by atoms with E-state index in [1.807, 2.05) is 56.3 Å². The molecule has 0 heterocycles. The quantitative estimate of drug-likeness (QED) is 0.631. The molecule has 2 aromatic carbocycles. The number of carbonyl (C=O) groups excluding carboxylic acids is 1. The molecule has 0 aromatic heterocycles. The summed E-state index contributed by atoms with van der Waals surface area (Å²) < 4.78 is 28.9. The molecule has 0 unspecified atom stereocenters. The van der Waals surface area contributed by atoms with Gasteiger partial charge in [0.05, 0.1) is 4.90 Å². The van der Waals surface area contributed by atoms with Gasteiger partial charge in [-0.2, -0.15) is 4.72 Å². The van der Waals surface area contributed by atoms with E-state index in [4.69, 9.17) is 0 Å². The van der Waals surface area contributed by atoms with Crippen molar-refractivity contribution < 1.29 is 13.2 Å². The van der Waals surface area contributed by atoms with E-state index in [0.29, 0.717) is 24.1 Å². The minimum atomic E-state index is -3.84. The second-order valence-corrected chi connectivity index (χ2v) is 8.89. The Morgan fingerprint density at radius 1 is 1.04 bits per heavy atom. The first kappa shape index (κ1) is 22.1. The lowest BCUT2D eigenvalue weighted by atomic mass is 10.1. The summed E-state index contributed by atoms with van der Waals surface area (Å²) in [4.78, 5) is 13.0. The zero-order valence-electron chi connectivity index (χ0n) is 17.1. The smallest absolute Gasteiger partial charge is 0.241 e. The van der Waals surface area contributed by atoms with E-state index in [1.165, 1.54) is 0 Å². The minimum absolute atomic E-state index is 0.248. The van der Waals surface area contributed by atoms with Crippen LogP contribution in [0.5, 0.6) is 0 Å². The van der Waals surface area contributed by atoms with Gasteiger partial charge in [0.25, 0.3) is 0 Å². The number of carbonyl (C=O) groups is 1. The van der Waals surface area contributed by atoms with Crippen LogP contribution in [-0.2, 0) is 21.2 Å². The third-order valence-electron chi connectivity index (χ3n) is 4.60. The molecule has 152 valence electrons. The lowest BCUT2D eigenvalue weighted by Gasteiger charge is -2.20. The monoisotopic (exact) mass is 402 g/mol. The van der Waals surface area contributed by atoms with Crippen LogP contribution in [-0.4, -0.2) is 26.9 Å². The number of unbranched alkanes of at least 4 members (excludes halogenated alkanes) is 1. The molecule has 2 aromatic rings. The number of sulfonamides is 1. The average Bonchev–Trinajstić information content (AvgIpc) is 2.60. The van der Waals surface area contributed by atoms with Gasteiger partial charge in [-0.1, -0.05) is 61.4 Å². The molecule has 1 amide bonds. The Morgan fingerprint density at radius 2 is 1.64 bits per heavy atom. The Morgan fingerprint density at radius 3 is 2.21 bits per heavy atom. The number of aryl methyl sites for hydroxylation is 3. The number of rotatable bonds is 9. The van der Waals surface area contributed by atoms with Crippen LogP contribution in [0.1, 0.15) is 42.0 Å². The van der Waals surface area contributed by atoms with Crippen LogP contribution in [0.3, 0.4) is 0 Å². The predicted octanol–water partition coefficient (Wildman–Crippen LogP) is 3.42. The normalized spacial score (nSPS) is 12.6. The van der Waals surface area contributed by atoms with Crippen molar-refractivity contribution in [3.8, 4) is 0 Å². The largest absolute Gasteiger partial charge is 0.355 e. The molecule has 0 aliphatic carbocycles. The summed E-state index contributed by atoms with van der Waals surface area (Å²) in [5.41, 5.74) is 3.26. The highest BCUT2D eigenvalue weighted by molar-refractivity contribution is 7.89. The standard InChI is InChI=1S/C22H30N2O3S/c1-5-6-12-23-22(25)20(15-19-10-8-7-9-11-19)24-28(26,27)21-17(3)13-16(2)14-18(21)4/h7-11,13-14,20,24H,5-6,12,15H2,1-4H3,(H,23,25)/t20-/m0/s1. The summed E-state index contributed by atoms with van der Waals surface area (Å²) in [5.74, 6) is -0.303. The summed E-state index contributed by atoms with van der Waals surface area (Å²) in [7, 11) is -3.84. The van der Waals surface area contributed by atoms with Crippen LogP contribution in [0, 0.1) is 20.8 Å². The van der Waals surface area contributed by atoms with E-state index in [-0.39, 0.29) is 10.8 Å². The van der Waals surface area contributed by atoms with Gasteiger partial charge in [-0.15, -0.1) is 0 Å². The summed E-state index contributed by atoms with van der Waals surface area (Å²) in [6.45, 7) is 8.07. The molecule has 2 N–H and O–H groups in total. The van der Waals surface area contributed by atoms with Crippen LogP contribution < -0.4 is 10.0 Å². The lowest BCUT2D eigenvalue weighted by molar-refractivity contribution is -0.122. The zero-order valence-corrected chi connectivity index (χ0v) is 17.9. The van der Waals surface area contributed by atoms with Gasteiger partial charge < -0.3 is 5.32 Å². The Balaban J connectivity index is 2.31. The maximum Gasteiger partial charge on any atom is 0.241 e. The highest BCUT2D eigenvalue weighted by atomic mass is 32.2. The minimum Gasteiger partial charge on any atom is -0.355 e. The van der Waals surface area contributed by atoms with E-state index < -0.39 is 16.1 Å². The maximum absolute atomic E-state index is 13.1. The maximum atomic E-state index is 13.1. The molecule has 2 rings (SSSR count). The van der Waals surface area contributed by atoms with Gasteiger partial charge in [0.2, 0.25) is 15.9 Å². The second-order valence-electron chi connectivity index (χ2n) is 7.24. The first-order valence-electron chi connectivity index (χ1n) is 9.66. The van der Waals surface area contributed by atoms with Gasteiger partial charge in [0.15, 0.2) is 0 Å². The van der Waals surface area contributed by atoms with Crippen LogP contribution in [0.25, 0.3) is 0 Å². The van der Waals surface area contributed by atoms with E-state index in [0.717, 1.165) is 24.0 Å². The number of amides is 1. The van der Waals surface area contributed by atoms with Crippen molar-refractivity contribution in [3.63, 3.8) is 0 Å². The van der Waals surface area contributed by atoms with Gasteiger partial charge in [-0.05, 0) is 50.3 Å². The Bertz CT molecular complexity index is 886. The fraction of sp³-hybridized carbons (Fsp3) is 0.409. The second kappa shape index (κ2) is 9.85. The van der Waals surface area contributed by atoms with Crippen molar-refractivity contribution in [2.75, 3.05) is 6.54 Å². The Hall–Kier alpha value is -2.18. The van der Waals surface area contributed by atoms with E-state index in [1.54, 1.807) is 13.8 Å². The third kappa shape index (κ3) is 5.91. The predicted molar refractivity (Wildman–Crippen MR) is 113 cm³/mol. The van der Waals surface area contributed by atoms with Gasteiger partial charge in [0, 0.05) is 6.54 Å². The molecule has 0 saturated carbocycles. The highest BCUT2D eigenvalue weighted by Gasteiger charge is 2.28. The molecule has 0 aliphatic heterocycles. The van der Waals surface area contributed by atoms with Crippen molar-refractivity contribution >= 4 is 15.9 Å². The fourth-order valence-electron chi connectivity index (χ4n) is 3.39. The fourth-order valence-corrected chi connectivity index (χ4v) is 5.03. The van der Waals surface area contributed by atoms with Crippen LogP contribution >= 0.6 is 0 Å². The van der Waals surface area contributed by atoms with Gasteiger partial charge in [-0.25, -0.2) is 8.42 Å². The zero-order chi connectivity index (χ0) is 20.7.